The Bertz CT molecular complexity index is 314. The number of carbonyl (C=O) groups is 1. The van der Waals surface area contributed by atoms with Crippen molar-refractivity contribution in [3.8, 4) is 5.75 Å². The number of hydrogen-bond donors (Lipinski definition) is 1. The highest BCUT2D eigenvalue weighted by atomic mass is 32.2. The van der Waals surface area contributed by atoms with Crippen molar-refractivity contribution in [3.05, 3.63) is 29.8 Å². The lowest BCUT2D eigenvalue weighted by atomic mass is 10.2. The standard InChI is InChI=1S/C8H7NO2S/c10-8-6-3-1-2-4-7(6)11-5-12-9-8/h1-4H,5H2,(H,9,10). The van der Waals surface area contributed by atoms with Gasteiger partial charge in [0, 0.05) is 0 Å². The van der Waals surface area contributed by atoms with Gasteiger partial charge in [0.25, 0.3) is 5.91 Å². The predicted octanol–water partition coefficient (Wildman–Crippen LogP) is 1.41. The number of rotatable bonds is 0. The van der Waals surface area contributed by atoms with Crippen molar-refractivity contribution < 1.29 is 9.53 Å². The molecular weight excluding hydrogens is 174 g/mol. The second kappa shape index (κ2) is 3.06. The summed E-state index contributed by atoms with van der Waals surface area (Å²) in [5.74, 6) is 1.02. The summed E-state index contributed by atoms with van der Waals surface area (Å²) in [4.78, 5) is 11.3. The maximum atomic E-state index is 11.3. The minimum atomic E-state index is -0.0897. The van der Waals surface area contributed by atoms with E-state index in [0.29, 0.717) is 17.3 Å². The Kier molecular flexibility index (Phi) is 1.91. The van der Waals surface area contributed by atoms with E-state index in [1.165, 1.54) is 11.9 Å². The molecule has 0 aliphatic carbocycles. The molecule has 1 amide bonds. The van der Waals surface area contributed by atoms with Crippen molar-refractivity contribution in [1.29, 1.82) is 0 Å². The molecule has 1 aliphatic rings. The van der Waals surface area contributed by atoms with Gasteiger partial charge >= 0.3 is 0 Å². The zero-order chi connectivity index (χ0) is 8.39. The molecule has 1 aromatic rings. The summed E-state index contributed by atoms with van der Waals surface area (Å²) >= 11 is 1.26. The smallest absolute Gasteiger partial charge is 0.264 e. The summed E-state index contributed by atoms with van der Waals surface area (Å²) in [7, 11) is 0. The third kappa shape index (κ3) is 1.25. The zero-order valence-corrected chi connectivity index (χ0v) is 7.06. The van der Waals surface area contributed by atoms with Crippen molar-refractivity contribution in [2.24, 2.45) is 0 Å². The first kappa shape index (κ1) is 7.49. The lowest BCUT2D eigenvalue weighted by Gasteiger charge is -2.01. The van der Waals surface area contributed by atoms with Crippen LogP contribution in [0.25, 0.3) is 0 Å². The van der Waals surface area contributed by atoms with E-state index in [4.69, 9.17) is 4.74 Å². The second-order valence-corrected chi connectivity index (χ2v) is 3.06. The van der Waals surface area contributed by atoms with Crippen LogP contribution in [0.2, 0.25) is 0 Å². The SMILES string of the molecule is O=C1NSCOc2ccccc21. The maximum Gasteiger partial charge on any atom is 0.264 e. The molecule has 3 nitrogen and oxygen atoms in total. The van der Waals surface area contributed by atoms with E-state index in [9.17, 15) is 4.79 Å². The van der Waals surface area contributed by atoms with Crippen LogP contribution in [0.1, 0.15) is 10.4 Å². The Morgan fingerprint density at radius 2 is 2.25 bits per heavy atom. The summed E-state index contributed by atoms with van der Waals surface area (Å²) < 4.78 is 7.95. The molecule has 1 aliphatic heterocycles. The monoisotopic (exact) mass is 181 g/mol. The quantitative estimate of drug-likeness (QED) is 0.615. The zero-order valence-electron chi connectivity index (χ0n) is 6.24. The third-order valence-electron chi connectivity index (χ3n) is 1.57. The van der Waals surface area contributed by atoms with E-state index in [0.717, 1.165) is 0 Å². The Balaban J connectivity index is 2.46. The van der Waals surface area contributed by atoms with Crippen molar-refractivity contribution in [1.82, 2.24) is 4.72 Å². The molecule has 4 heteroatoms. The molecule has 2 rings (SSSR count). The minimum Gasteiger partial charge on any atom is -0.480 e. The summed E-state index contributed by atoms with van der Waals surface area (Å²) in [5.41, 5.74) is 0.600. The van der Waals surface area contributed by atoms with Gasteiger partial charge in [0.2, 0.25) is 0 Å². The van der Waals surface area contributed by atoms with E-state index in [2.05, 4.69) is 4.72 Å². The fraction of sp³-hybridized carbons (Fsp3) is 0.125. The van der Waals surface area contributed by atoms with E-state index in [1.54, 1.807) is 12.1 Å². The van der Waals surface area contributed by atoms with Crippen molar-refractivity contribution in [3.63, 3.8) is 0 Å². The molecule has 0 radical (unpaired) electrons. The molecule has 12 heavy (non-hydrogen) atoms. The van der Waals surface area contributed by atoms with Crippen LogP contribution >= 0.6 is 11.9 Å². The van der Waals surface area contributed by atoms with Crippen LogP contribution in [-0.4, -0.2) is 11.8 Å². The van der Waals surface area contributed by atoms with Crippen molar-refractivity contribution in [2.75, 3.05) is 5.94 Å². The highest BCUT2D eigenvalue weighted by Crippen LogP contribution is 2.21. The average molecular weight is 181 g/mol. The molecule has 0 saturated carbocycles. The van der Waals surface area contributed by atoms with Crippen LogP contribution in [0.3, 0.4) is 0 Å². The van der Waals surface area contributed by atoms with Crippen LogP contribution in [0.4, 0.5) is 0 Å². The summed E-state index contributed by atoms with van der Waals surface area (Å²) in [6.45, 7) is 0. The van der Waals surface area contributed by atoms with Crippen LogP contribution < -0.4 is 9.46 Å². The van der Waals surface area contributed by atoms with Crippen LogP contribution in [0.5, 0.6) is 5.75 Å². The van der Waals surface area contributed by atoms with Gasteiger partial charge in [0.05, 0.1) is 5.56 Å². The summed E-state index contributed by atoms with van der Waals surface area (Å²) in [6.07, 6.45) is 0. The van der Waals surface area contributed by atoms with E-state index >= 15 is 0 Å². The number of carbonyl (C=O) groups excluding carboxylic acids is 1. The Hall–Kier alpha value is -1.16. The fourth-order valence-corrected chi connectivity index (χ4v) is 1.51. The molecule has 0 unspecified atom stereocenters. The number of para-hydroxylation sites is 1. The van der Waals surface area contributed by atoms with Gasteiger partial charge in [0.15, 0.2) is 5.94 Å². The molecule has 0 atom stereocenters. The number of ether oxygens (including phenoxy) is 1. The Morgan fingerprint density at radius 1 is 1.42 bits per heavy atom. The Morgan fingerprint density at radius 3 is 3.17 bits per heavy atom. The summed E-state index contributed by atoms with van der Waals surface area (Å²) in [5, 5.41) is 0. The highest BCUT2D eigenvalue weighted by Gasteiger charge is 2.14. The molecular formula is C8H7NO2S. The Labute approximate surface area is 74.2 Å². The third-order valence-corrected chi connectivity index (χ3v) is 2.14. The maximum absolute atomic E-state index is 11.3. The molecule has 0 spiro atoms. The molecule has 0 fully saturated rings. The normalized spacial score (nSPS) is 15.5. The number of hydrogen-bond acceptors (Lipinski definition) is 3. The fourth-order valence-electron chi connectivity index (χ4n) is 1.02. The molecule has 1 N–H and O–H groups in total. The molecule has 0 saturated heterocycles. The average Bonchev–Trinajstić information content (AvgIpc) is 2.29. The van der Waals surface area contributed by atoms with Crippen LogP contribution in [-0.2, 0) is 0 Å². The van der Waals surface area contributed by atoms with E-state index in [1.807, 2.05) is 12.1 Å². The van der Waals surface area contributed by atoms with Gasteiger partial charge in [-0.2, -0.15) is 0 Å². The van der Waals surface area contributed by atoms with Gasteiger partial charge in [-0.15, -0.1) is 0 Å². The highest BCUT2D eigenvalue weighted by molar-refractivity contribution is 7.97. The van der Waals surface area contributed by atoms with E-state index < -0.39 is 0 Å². The van der Waals surface area contributed by atoms with E-state index in [-0.39, 0.29) is 5.91 Å². The lowest BCUT2D eigenvalue weighted by Crippen LogP contribution is -2.13. The van der Waals surface area contributed by atoms with Gasteiger partial charge in [-0.1, -0.05) is 12.1 Å². The number of benzene rings is 1. The molecule has 0 aromatic heterocycles. The number of nitrogens with one attached hydrogen (secondary N) is 1. The number of fused-ring (bicyclic) bond motifs is 1. The first-order chi connectivity index (χ1) is 5.88. The molecule has 1 heterocycles. The first-order valence-electron chi connectivity index (χ1n) is 3.52. The van der Waals surface area contributed by atoms with Crippen molar-refractivity contribution >= 4 is 17.9 Å². The van der Waals surface area contributed by atoms with Crippen LogP contribution in [0, 0.1) is 0 Å². The summed E-state index contributed by atoms with van der Waals surface area (Å²) in [6, 6.07) is 7.21. The molecule has 1 aromatic carbocycles. The first-order valence-corrected chi connectivity index (χ1v) is 4.50. The van der Waals surface area contributed by atoms with Gasteiger partial charge < -0.3 is 4.74 Å². The largest absolute Gasteiger partial charge is 0.480 e. The van der Waals surface area contributed by atoms with Gasteiger partial charge in [-0.05, 0) is 24.1 Å². The molecule has 0 bridgehead atoms. The van der Waals surface area contributed by atoms with Crippen LogP contribution in [0.15, 0.2) is 24.3 Å². The van der Waals surface area contributed by atoms with Gasteiger partial charge in [0.1, 0.15) is 5.75 Å². The second-order valence-electron chi connectivity index (χ2n) is 2.33. The minimum absolute atomic E-state index is 0.0897. The van der Waals surface area contributed by atoms with Crippen molar-refractivity contribution in [2.45, 2.75) is 0 Å². The lowest BCUT2D eigenvalue weighted by molar-refractivity contribution is 0.0984. The predicted molar refractivity (Wildman–Crippen MR) is 47.0 cm³/mol. The number of amides is 1. The topological polar surface area (TPSA) is 38.3 Å². The van der Waals surface area contributed by atoms with Gasteiger partial charge in [-0.25, -0.2) is 0 Å². The molecule has 62 valence electrons. The van der Waals surface area contributed by atoms with Gasteiger partial charge in [-0.3, -0.25) is 9.52 Å².